The summed E-state index contributed by atoms with van der Waals surface area (Å²) in [5.74, 6) is 0. The quantitative estimate of drug-likeness (QED) is 0.618. The first kappa shape index (κ1) is 7.94. The van der Waals surface area contributed by atoms with Gasteiger partial charge in [0.2, 0.25) is 0 Å². The Kier molecular flexibility index (Phi) is 1.83. The molecule has 2 rings (SSSR count). The Morgan fingerprint density at radius 2 is 1.46 bits per heavy atom. The fourth-order valence-corrected chi connectivity index (χ4v) is 2.25. The van der Waals surface area contributed by atoms with Gasteiger partial charge in [-0.05, 0) is 0 Å². The van der Waals surface area contributed by atoms with Crippen LogP contribution < -0.4 is 0 Å². The Labute approximate surface area is 80.3 Å². The Balaban J connectivity index is 2.93. The Morgan fingerprint density at radius 1 is 1.00 bits per heavy atom. The van der Waals surface area contributed by atoms with Gasteiger partial charge in [-0.25, -0.2) is 0 Å². The summed E-state index contributed by atoms with van der Waals surface area (Å²) in [5.41, 5.74) is 2.16. The average molecular weight is 233 g/mol. The molecule has 0 saturated carbocycles. The van der Waals surface area contributed by atoms with E-state index in [1.165, 1.54) is 0 Å². The van der Waals surface area contributed by atoms with Crippen molar-refractivity contribution >= 4 is 26.0 Å². The number of nitriles is 2. The zero-order chi connectivity index (χ0) is 9.26. The van der Waals surface area contributed by atoms with Crippen LogP contribution in [0, 0.1) is 22.7 Å². The van der Waals surface area contributed by atoms with Crippen molar-refractivity contribution in [2.24, 2.45) is 0 Å². The van der Waals surface area contributed by atoms with E-state index in [0.29, 0.717) is 22.2 Å². The standard InChI is InChI=1S/C8H2N4Se/c9-3-5-1-2-6(4-10)8-7(5)11-13-12-8/h1-2H. The van der Waals surface area contributed by atoms with Crippen LogP contribution in [0.3, 0.4) is 0 Å². The van der Waals surface area contributed by atoms with Crippen molar-refractivity contribution in [3.63, 3.8) is 0 Å². The van der Waals surface area contributed by atoms with Gasteiger partial charge < -0.3 is 0 Å². The molecule has 0 radical (unpaired) electrons. The normalized spacial score (nSPS) is 9.38. The summed E-state index contributed by atoms with van der Waals surface area (Å²) < 4.78 is 8.20. The minimum absolute atomic E-state index is 0.194. The van der Waals surface area contributed by atoms with Gasteiger partial charge in [-0.2, -0.15) is 0 Å². The van der Waals surface area contributed by atoms with Crippen LogP contribution >= 0.6 is 0 Å². The molecule has 0 aliphatic carbocycles. The maximum absolute atomic E-state index is 8.74. The fraction of sp³-hybridized carbons (Fsp3) is 0. The zero-order valence-corrected chi connectivity index (χ0v) is 8.06. The van der Waals surface area contributed by atoms with Gasteiger partial charge in [-0.1, -0.05) is 0 Å². The molecule has 2 aromatic rings. The summed E-state index contributed by atoms with van der Waals surface area (Å²) in [6.07, 6.45) is 0. The molecule has 0 atom stereocenters. The summed E-state index contributed by atoms with van der Waals surface area (Å²) in [6, 6.07) is 7.27. The summed E-state index contributed by atoms with van der Waals surface area (Å²) >= 11 is -0.194. The van der Waals surface area contributed by atoms with Gasteiger partial charge in [0.25, 0.3) is 0 Å². The molecule has 0 bridgehead atoms. The van der Waals surface area contributed by atoms with Gasteiger partial charge in [0, 0.05) is 0 Å². The predicted molar refractivity (Wildman–Crippen MR) is 45.9 cm³/mol. The summed E-state index contributed by atoms with van der Waals surface area (Å²) in [7, 11) is 0. The van der Waals surface area contributed by atoms with E-state index >= 15 is 0 Å². The van der Waals surface area contributed by atoms with Crippen LogP contribution in [-0.2, 0) is 0 Å². The topological polar surface area (TPSA) is 73.4 Å². The maximum atomic E-state index is 8.74. The van der Waals surface area contributed by atoms with E-state index < -0.39 is 0 Å². The number of hydrogen-bond donors (Lipinski definition) is 0. The van der Waals surface area contributed by atoms with Crippen LogP contribution in [0.1, 0.15) is 11.1 Å². The van der Waals surface area contributed by atoms with E-state index in [4.69, 9.17) is 10.5 Å². The van der Waals surface area contributed by atoms with Crippen LogP contribution in [0.4, 0.5) is 0 Å². The van der Waals surface area contributed by atoms with Crippen molar-refractivity contribution in [2.45, 2.75) is 0 Å². The third-order valence-corrected chi connectivity index (χ3v) is 2.77. The molecule has 5 heteroatoms. The summed E-state index contributed by atoms with van der Waals surface area (Å²) in [6.45, 7) is 0. The molecular weight excluding hydrogens is 231 g/mol. The van der Waals surface area contributed by atoms with Gasteiger partial charge in [0.15, 0.2) is 0 Å². The first-order valence-corrected chi connectivity index (χ1v) is 4.95. The summed E-state index contributed by atoms with van der Waals surface area (Å²) in [5, 5.41) is 17.5. The van der Waals surface area contributed by atoms with Crippen LogP contribution in [0.2, 0.25) is 0 Å². The number of rotatable bonds is 0. The van der Waals surface area contributed by atoms with Crippen molar-refractivity contribution < 1.29 is 0 Å². The van der Waals surface area contributed by atoms with Crippen LogP contribution in [0.5, 0.6) is 0 Å². The second-order valence-electron chi connectivity index (χ2n) is 2.35. The van der Waals surface area contributed by atoms with E-state index in [0.717, 1.165) is 0 Å². The zero-order valence-electron chi connectivity index (χ0n) is 6.35. The Hall–Kier alpha value is -1.68. The minimum atomic E-state index is -0.194. The second kappa shape index (κ2) is 2.99. The van der Waals surface area contributed by atoms with Crippen LogP contribution in [0.25, 0.3) is 11.0 Å². The molecule has 0 spiro atoms. The number of fused-ring (bicyclic) bond motifs is 1. The molecule has 0 saturated heterocycles. The number of benzene rings is 1. The van der Waals surface area contributed by atoms with E-state index in [1.54, 1.807) is 12.1 Å². The molecule has 1 aromatic heterocycles. The molecule has 0 aliphatic heterocycles. The van der Waals surface area contributed by atoms with E-state index in [9.17, 15) is 0 Å². The van der Waals surface area contributed by atoms with Crippen molar-refractivity contribution in [3.8, 4) is 12.1 Å². The fourth-order valence-electron chi connectivity index (χ4n) is 1.05. The second-order valence-corrected chi connectivity index (χ2v) is 3.45. The van der Waals surface area contributed by atoms with Gasteiger partial charge in [0.05, 0.1) is 0 Å². The third kappa shape index (κ3) is 1.11. The van der Waals surface area contributed by atoms with Crippen molar-refractivity contribution in [1.29, 1.82) is 10.5 Å². The van der Waals surface area contributed by atoms with E-state index in [-0.39, 0.29) is 15.0 Å². The molecule has 0 amide bonds. The van der Waals surface area contributed by atoms with Gasteiger partial charge in [-0.3, -0.25) is 0 Å². The van der Waals surface area contributed by atoms with E-state index in [1.807, 2.05) is 12.1 Å². The molecular formula is C8H2N4Se. The monoisotopic (exact) mass is 234 g/mol. The summed E-state index contributed by atoms with van der Waals surface area (Å²) in [4.78, 5) is 0. The molecule has 0 aliphatic rings. The van der Waals surface area contributed by atoms with Gasteiger partial charge >= 0.3 is 79.9 Å². The molecule has 1 aromatic carbocycles. The predicted octanol–water partition coefficient (Wildman–Crippen LogP) is 0.430. The van der Waals surface area contributed by atoms with Gasteiger partial charge in [-0.15, -0.1) is 0 Å². The first-order valence-electron chi connectivity index (χ1n) is 3.42. The van der Waals surface area contributed by atoms with Crippen LogP contribution in [-0.4, -0.2) is 22.9 Å². The first-order chi connectivity index (χ1) is 6.36. The molecule has 4 nitrogen and oxygen atoms in total. The molecule has 13 heavy (non-hydrogen) atoms. The molecule has 0 unspecified atom stereocenters. The average Bonchev–Trinajstić information content (AvgIpc) is 2.64. The Morgan fingerprint density at radius 3 is 1.85 bits per heavy atom. The molecule has 1 heterocycles. The number of nitrogens with zero attached hydrogens (tertiary/aromatic N) is 4. The van der Waals surface area contributed by atoms with Crippen LogP contribution in [0.15, 0.2) is 12.1 Å². The molecule has 0 fully saturated rings. The van der Waals surface area contributed by atoms with Crippen molar-refractivity contribution in [2.75, 3.05) is 0 Å². The van der Waals surface area contributed by atoms with Crippen molar-refractivity contribution in [1.82, 2.24) is 7.96 Å². The van der Waals surface area contributed by atoms with Crippen molar-refractivity contribution in [3.05, 3.63) is 23.3 Å². The molecule has 0 N–H and O–H groups in total. The van der Waals surface area contributed by atoms with Gasteiger partial charge in [0.1, 0.15) is 0 Å². The SMILES string of the molecule is N#Cc1ccc(C#N)c2n[se]nc12. The number of hydrogen-bond acceptors (Lipinski definition) is 4. The van der Waals surface area contributed by atoms with E-state index in [2.05, 4.69) is 7.96 Å². The number of aromatic nitrogens is 2. The third-order valence-electron chi connectivity index (χ3n) is 1.66. The Bertz CT molecular complexity index is 495. The molecule has 60 valence electrons.